The van der Waals surface area contributed by atoms with E-state index in [9.17, 15) is 22.4 Å². The molecule has 1 atom stereocenters. The first-order chi connectivity index (χ1) is 18.6. The first kappa shape index (κ1) is 30.2. The van der Waals surface area contributed by atoms with Gasteiger partial charge in [0.15, 0.2) is 0 Å². The van der Waals surface area contributed by atoms with Crippen LogP contribution in [0.15, 0.2) is 42.5 Å². The van der Waals surface area contributed by atoms with Crippen LogP contribution in [0, 0.1) is 5.82 Å². The molecule has 11 heteroatoms. The van der Waals surface area contributed by atoms with Gasteiger partial charge in [0.2, 0.25) is 21.8 Å². The van der Waals surface area contributed by atoms with Crippen LogP contribution in [0.1, 0.15) is 51.0 Å². The Morgan fingerprint density at radius 1 is 1.05 bits per heavy atom. The minimum Gasteiger partial charge on any atom is -0.497 e. The van der Waals surface area contributed by atoms with Crippen molar-refractivity contribution in [3.8, 4) is 11.5 Å². The molecule has 0 aliphatic heterocycles. The Kier molecular flexibility index (Phi) is 10.6. The Bertz CT molecular complexity index is 1230. The summed E-state index contributed by atoms with van der Waals surface area (Å²) in [7, 11) is -1.07. The van der Waals surface area contributed by atoms with Gasteiger partial charge in [-0.2, -0.15) is 0 Å². The molecule has 2 aromatic carbocycles. The Morgan fingerprint density at radius 2 is 1.72 bits per heavy atom. The van der Waals surface area contributed by atoms with E-state index < -0.39 is 34.3 Å². The first-order valence-corrected chi connectivity index (χ1v) is 15.0. The first-order valence-electron chi connectivity index (χ1n) is 13.1. The van der Waals surface area contributed by atoms with Gasteiger partial charge < -0.3 is 19.7 Å². The van der Waals surface area contributed by atoms with Crippen molar-refractivity contribution in [2.24, 2.45) is 0 Å². The summed E-state index contributed by atoms with van der Waals surface area (Å²) in [5, 5.41) is 3.09. The minimum atomic E-state index is -3.94. The molecule has 0 saturated heterocycles. The van der Waals surface area contributed by atoms with Crippen molar-refractivity contribution in [2.45, 2.75) is 64.1 Å². The summed E-state index contributed by atoms with van der Waals surface area (Å²) >= 11 is 0. The van der Waals surface area contributed by atoms with Gasteiger partial charge in [-0.1, -0.05) is 38.3 Å². The van der Waals surface area contributed by atoms with E-state index in [0.717, 1.165) is 42.7 Å². The maximum absolute atomic E-state index is 13.9. The van der Waals surface area contributed by atoms with E-state index in [2.05, 4.69) is 5.32 Å². The summed E-state index contributed by atoms with van der Waals surface area (Å²) in [5.41, 5.74) is 0.775. The second-order valence-electron chi connectivity index (χ2n) is 9.72. The highest BCUT2D eigenvalue weighted by atomic mass is 32.2. The van der Waals surface area contributed by atoms with E-state index in [1.807, 2.05) is 0 Å². The molecule has 39 heavy (non-hydrogen) atoms. The van der Waals surface area contributed by atoms with E-state index in [-0.39, 0.29) is 29.9 Å². The van der Waals surface area contributed by atoms with Crippen molar-refractivity contribution in [2.75, 3.05) is 31.3 Å². The lowest BCUT2D eigenvalue weighted by atomic mass is 9.95. The molecule has 2 aromatic rings. The molecule has 214 valence electrons. The van der Waals surface area contributed by atoms with Crippen LogP contribution in [0.2, 0.25) is 0 Å². The van der Waals surface area contributed by atoms with Gasteiger partial charge in [-0.25, -0.2) is 12.8 Å². The average molecular weight is 564 g/mol. The standard InChI is InChI=1S/C28H38FN3O6S/c1-5-24(28(34)30-22-9-7-6-8-10-22)31(18-20-11-13-21(29)14-12-20)27(33)19-32(39(4,35)36)25-16-15-23(37-2)17-26(25)38-3/h11-17,22,24H,5-10,18-19H2,1-4H3,(H,30,34). The van der Waals surface area contributed by atoms with Crippen LogP contribution < -0.4 is 19.1 Å². The van der Waals surface area contributed by atoms with Gasteiger partial charge in [-0.15, -0.1) is 0 Å². The molecular weight excluding hydrogens is 525 g/mol. The van der Waals surface area contributed by atoms with Crippen LogP contribution in [0.3, 0.4) is 0 Å². The summed E-state index contributed by atoms with van der Waals surface area (Å²) in [5.74, 6) is -0.617. The highest BCUT2D eigenvalue weighted by Crippen LogP contribution is 2.34. The van der Waals surface area contributed by atoms with Crippen molar-refractivity contribution in [3.63, 3.8) is 0 Å². The third-order valence-electron chi connectivity index (χ3n) is 6.94. The fourth-order valence-corrected chi connectivity index (χ4v) is 5.69. The van der Waals surface area contributed by atoms with Crippen molar-refractivity contribution < 1.29 is 31.9 Å². The lowest BCUT2D eigenvalue weighted by Crippen LogP contribution is -2.54. The van der Waals surface area contributed by atoms with Crippen molar-refractivity contribution in [1.29, 1.82) is 0 Å². The molecule has 1 N–H and O–H groups in total. The number of sulfonamides is 1. The number of rotatable bonds is 12. The molecule has 0 bridgehead atoms. The summed E-state index contributed by atoms with van der Waals surface area (Å²) in [6, 6.07) is 9.46. The summed E-state index contributed by atoms with van der Waals surface area (Å²) in [4.78, 5) is 28.7. The highest BCUT2D eigenvalue weighted by molar-refractivity contribution is 7.92. The molecule has 0 heterocycles. The molecule has 1 saturated carbocycles. The zero-order valence-corrected chi connectivity index (χ0v) is 23.8. The van der Waals surface area contributed by atoms with Crippen molar-refractivity contribution >= 4 is 27.5 Å². The van der Waals surface area contributed by atoms with Crippen molar-refractivity contribution in [1.82, 2.24) is 10.2 Å². The van der Waals surface area contributed by atoms with Gasteiger partial charge in [-0.05, 0) is 49.1 Å². The number of carbonyl (C=O) groups is 2. The monoisotopic (exact) mass is 563 g/mol. The highest BCUT2D eigenvalue weighted by Gasteiger charge is 2.33. The molecule has 0 radical (unpaired) electrons. The summed E-state index contributed by atoms with van der Waals surface area (Å²) in [6.45, 7) is 1.25. The zero-order chi connectivity index (χ0) is 28.6. The third kappa shape index (κ3) is 8.08. The van der Waals surface area contributed by atoms with Gasteiger partial charge in [0.25, 0.3) is 0 Å². The quantitative estimate of drug-likeness (QED) is 0.421. The molecule has 0 aromatic heterocycles. The van der Waals surface area contributed by atoms with E-state index in [1.54, 1.807) is 25.1 Å². The Labute approximate surface area is 230 Å². The van der Waals surface area contributed by atoms with Crippen LogP contribution in [0.4, 0.5) is 10.1 Å². The Hall–Kier alpha value is -3.34. The number of ether oxygens (including phenoxy) is 2. The Balaban J connectivity index is 1.95. The van der Waals surface area contributed by atoms with Crippen LogP contribution >= 0.6 is 0 Å². The normalized spacial score (nSPS) is 14.8. The summed E-state index contributed by atoms with van der Waals surface area (Å²) < 4.78 is 50.9. The molecule has 9 nitrogen and oxygen atoms in total. The molecule has 1 unspecified atom stereocenters. The molecule has 2 amide bonds. The number of hydrogen-bond donors (Lipinski definition) is 1. The largest absolute Gasteiger partial charge is 0.497 e. The molecule has 1 fully saturated rings. The predicted molar refractivity (Wildman–Crippen MR) is 148 cm³/mol. The van der Waals surface area contributed by atoms with Gasteiger partial charge in [0.05, 0.1) is 26.2 Å². The number of hydrogen-bond acceptors (Lipinski definition) is 6. The van der Waals surface area contributed by atoms with E-state index in [0.29, 0.717) is 17.7 Å². The second-order valence-corrected chi connectivity index (χ2v) is 11.6. The fourth-order valence-electron chi connectivity index (χ4n) is 4.84. The maximum atomic E-state index is 13.9. The van der Waals surface area contributed by atoms with Crippen LogP contribution in [0.25, 0.3) is 0 Å². The lowest BCUT2D eigenvalue weighted by Gasteiger charge is -2.34. The number of methoxy groups -OCH3 is 2. The average Bonchev–Trinajstić information content (AvgIpc) is 2.92. The fraction of sp³-hybridized carbons (Fsp3) is 0.500. The van der Waals surface area contributed by atoms with Crippen LogP contribution in [0.5, 0.6) is 11.5 Å². The van der Waals surface area contributed by atoms with Gasteiger partial charge in [0.1, 0.15) is 29.9 Å². The number of amides is 2. The minimum absolute atomic E-state index is 0.00700. The van der Waals surface area contributed by atoms with Gasteiger partial charge in [-0.3, -0.25) is 13.9 Å². The Morgan fingerprint density at radius 3 is 2.28 bits per heavy atom. The molecule has 3 rings (SSSR count). The van der Waals surface area contributed by atoms with Crippen LogP contribution in [-0.2, 0) is 26.2 Å². The van der Waals surface area contributed by atoms with E-state index >= 15 is 0 Å². The molecule has 1 aliphatic carbocycles. The van der Waals surface area contributed by atoms with Gasteiger partial charge in [0, 0.05) is 18.7 Å². The zero-order valence-electron chi connectivity index (χ0n) is 23.0. The molecular formula is C28H38FN3O6S. The smallest absolute Gasteiger partial charge is 0.244 e. The van der Waals surface area contributed by atoms with E-state index in [1.165, 1.54) is 43.4 Å². The molecule has 1 aliphatic rings. The maximum Gasteiger partial charge on any atom is 0.244 e. The lowest BCUT2D eigenvalue weighted by molar-refractivity contribution is -0.140. The number of carbonyl (C=O) groups excluding carboxylic acids is 2. The number of nitrogens with zero attached hydrogens (tertiary/aromatic N) is 2. The third-order valence-corrected chi connectivity index (χ3v) is 8.06. The topological polar surface area (TPSA) is 105 Å². The van der Waals surface area contributed by atoms with Crippen molar-refractivity contribution in [3.05, 3.63) is 53.8 Å². The number of nitrogens with one attached hydrogen (secondary N) is 1. The number of benzene rings is 2. The van der Waals surface area contributed by atoms with Crippen LogP contribution in [-0.4, -0.2) is 64.2 Å². The second kappa shape index (κ2) is 13.6. The molecule has 0 spiro atoms. The predicted octanol–water partition coefficient (Wildman–Crippen LogP) is 3.87. The number of anilines is 1. The van der Waals surface area contributed by atoms with E-state index in [4.69, 9.17) is 9.47 Å². The number of halogens is 1. The summed E-state index contributed by atoms with van der Waals surface area (Å²) in [6.07, 6.45) is 6.28. The SMILES string of the molecule is CCC(C(=O)NC1CCCCC1)N(Cc1ccc(F)cc1)C(=O)CN(c1ccc(OC)cc1OC)S(C)(=O)=O. The van der Waals surface area contributed by atoms with Gasteiger partial charge >= 0.3 is 0 Å².